The van der Waals surface area contributed by atoms with Crippen LogP contribution < -0.4 is 10.7 Å². The molecule has 2 rings (SSSR count). The molecule has 0 fully saturated rings. The Hall–Kier alpha value is -1.59. The number of amides is 2. The Bertz CT molecular complexity index is 543. The minimum Gasteiger partial charge on any atom is -0.321 e. The van der Waals surface area contributed by atoms with Gasteiger partial charge in [0.15, 0.2) is 0 Å². The third kappa shape index (κ3) is 3.00. The summed E-state index contributed by atoms with van der Waals surface area (Å²) in [5, 5.41) is 7.09. The van der Waals surface area contributed by atoms with E-state index in [0.717, 1.165) is 0 Å². The molecule has 1 aromatic carbocycles. The first-order chi connectivity index (χ1) is 8.56. The average Bonchev–Trinajstić information content (AvgIpc) is 2.34. The number of halogens is 2. The zero-order chi connectivity index (χ0) is 13.1. The van der Waals surface area contributed by atoms with Gasteiger partial charge in [-0.3, -0.25) is 9.59 Å². The summed E-state index contributed by atoms with van der Waals surface area (Å²) in [4.78, 5) is 22.7. The van der Waals surface area contributed by atoms with Gasteiger partial charge >= 0.3 is 0 Å². The number of benzene rings is 1. The Morgan fingerprint density at radius 3 is 2.67 bits per heavy atom. The molecule has 2 amide bonds. The summed E-state index contributed by atoms with van der Waals surface area (Å²) in [6.07, 6.45) is 0.576. The lowest BCUT2D eigenvalue weighted by Gasteiger charge is -2.12. The van der Waals surface area contributed by atoms with E-state index in [2.05, 4.69) is 15.8 Å². The highest BCUT2D eigenvalue weighted by Crippen LogP contribution is 2.25. The van der Waals surface area contributed by atoms with Crippen LogP contribution >= 0.6 is 23.2 Å². The molecule has 5 nitrogen and oxygen atoms in total. The Balaban J connectivity index is 2.07. The van der Waals surface area contributed by atoms with E-state index in [-0.39, 0.29) is 23.9 Å². The number of rotatable bonds is 2. The van der Waals surface area contributed by atoms with Crippen LogP contribution in [0.3, 0.4) is 0 Å². The maximum Gasteiger partial charge on any atom is 0.271 e. The summed E-state index contributed by atoms with van der Waals surface area (Å²) in [5.74, 6) is -0.561. The molecule has 0 radical (unpaired) electrons. The largest absolute Gasteiger partial charge is 0.321 e. The number of carbonyl (C=O) groups excluding carboxylic acids is 2. The number of hydrogen-bond donors (Lipinski definition) is 2. The lowest BCUT2D eigenvalue weighted by molar-refractivity contribution is -0.121. The second-order valence-corrected chi connectivity index (χ2v) is 4.49. The van der Waals surface area contributed by atoms with Gasteiger partial charge in [-0.15, -0.1) is 0 Å². The van der Waals surface area contributed by atoms with Gasteiger partial charge in [0.1, 0.15) is 5.71 Å². The van der Waals surface area contributed by atoms with Crippen molar-refractivity contribution in [2.75, 3.05) is 5.32 Å². The minimum atomic E-state index is -0.367. The van der Waals surface area contributed by atoms with Crippen LogP contribution in [0.4, 0.5) is 5.69 Å². The molecule has 0 spiro atoms. The van der Waals surface area contributed by atoms with Crippen molar-refractivity contribution in [1.29, 1.82) is 0 Å². The molecule has 0 aliphatic carbocycles. The number of nitrogens with zero attached hydrogens (tertiary/aromatic N) is 1. The summed E-state index contributed by atoms with van der Waals surface area (Å²) in [7, 11) is 0. The van der Waals surface area contributed by atoms with Crippen LogP contribution in [0.25, 0.3) is 0 Å². The van der Waals surface area contributed by atoms with Crippen molar-refractivity contribution >= 4 is 46.4 Å². The fourth-order valence-corrected chi connectivity index (χ4v) is 1.71. The molecule has 1 aliphatic heterocycles. The fraction of sp³-hybridized carbons (Fsp3) is 0.182. The lowest BCUT2D eigenvalue weighted by Crippen LogP contribution is -2.32. The standard InChI is InChI=1S/C11H9Cl2N3O2/c12-7-2-1-6(5-8(7)13)14-11(18)9-3-4-10(17)16-15-9/h1-2,5H,3-4H2,(H,14,18)(H,16,17). The monoisotopic (exact) mass is 285 g/mol. The van der Waals surface area contributed by atoms with Crippen LogP contribution in [-0.2, 0) is 9.59 Å². The highest BCUT2D eigenvalue weighted by Gasteiger charge is 2.18. The van der Waals surface area contributed by atoms with Crippen molar-refractivity contribution in [3.63, 3.8) is 0 Å². The lowest BCUT2D eigenvalue weighted by atomic mass is 10.1. The van der Waals surface area contributed by atoms with Crippen molar-refractivity contribution in [1.82, 2.24) is 5.43 Å². The van der Waals surface area contributed by atoms with E-state index in [1.54, 1.807) is 18.2 Å². The molecule has 1 heterocycles. The summed E-state index contributed by atoms with van der Waals surface area (Å²) in [5.41, 5.74) is 3.06. The summed E-state index contributed by atoms with van der Waals surface area (Å²) < 4.78 is 0. The first kappa shape index (κ1) is 12.9. The molecule has 18 heavy (non-hydrogen) atoms. The van der Waals surface area contributed by atoms with E-state index in [1.165, 1.54) is 0 Å². The number of anilines is 1. The van der Waals surface area contributed by atoms with Crippen LogP contribution in [0.2, 0.25) is 10.0 Å². The van der Waals surface area contributed by atoms with E-state index >= 15 is 0 Å². The van der Waals surface area contributed by atoms with Crippen molar-refractivity contribution in [2.45, 2.75) is 12.8 Å². The summed E-state index contributed by atoms with van der Waals surface area (Å²) >= 11 is 11.6. The summed E-state index contributed by atoms with van der Waals surface area (Å²) in [6.45, 7) is 0. The molecule has 1 aromatic rings. The molecule has 0 atom stereocenters. The third-order valence-corrected chi connectivity index (χ3v) is 3.08. The zero-order valence-electron chi connectivity index (χ0n) is 9.17. The van der Waals surface area contributed by atoms with E-state index in [0.29, 0.717) is 22.2 Å². The zero-order valence-corrected chi connectivity index (χ0v) is 10.7. The highest BCUT2D eigenvalue weighted by molar-refractivity contribution is 6.44. The maximum atomic E-state index is 11.8. The molecule has 0 saturated carbocycles. The maximum absolute atomic E-state index is 11.8. The first-order valence-corrected chi connectivity index (χ1v) is 5.93. The molecule has 94 valence electrons. The van der Waals surface area contributed by atoms with Crippen LogP contribution in [-0.4, -0.2) is 17.5 Å². The predicted molar refractivity (Wildman–Crippen MR) is 69.9 cm³/mol. The van der Waals surface area contributed by atoms with E-state index in [9.17, 15) is 9.59 Å². The van der Waals surface area contributed by atoms with Gasteiger partial charge < -0.3 is 5.32 Å². The molecule has 7 heteroatoms. The molecule has 0 saturated heterocycles. The van der Waals surface area contributed by atoms with Crippen LogP contribution in [0.1, 0.15) is 12.8 Å². The number of hydrogen-bond acceptors (Lipinski definition) is 3. The highest BCUT2D eigenvalue weighted by atomic mass is 35.5. The Morgan fingerprint density at radius 2 is 2.06 bits per heavy atom. The molecule has 2 N–H and O–H groups in total. The van der Waals surface area contributed by atoms with Crippen molar-refractivity contribution in [2.24, 2.45) is 5.10 Å². The van der Waals surface area contributed by atoms with Gasteiger partial charge in [-0.1, -0.05) is 23.2 Å². The first-order valence-electron chi connectivity index (χ1n) is 5.18. The molecular formula is C11H9Cl2N3O2. The fourth-order valence-electron chi connectivity index (χ4n) is 1.41. The van der Waals surface area contributed by atoms with Crippen molar-refractivity contribution < 1.29 is 9.59 Å². The van der Waals surface area contributed by atoms with Gasteiger partial charge in [-0.25, -0.2) is 5.43 Å². The summed E-state index contributed by atoms with van der Waals surface area (Å²) in [6, 6.07) is 4.77. The molecule has 1 aliphatic rings. The third-order valence-electron chi connectivity index (χ3n) is 2.34. The molecule has 0 aromatic heterocycles. The minimum absolute atomic E-state index is 0.193. The molecule has 0 unspecified atom stereocenters. The van der Waals surface area contributed by atoms with Gasteiger partial charge in [0, 0.05) is 18.5 Å². The van der Waals surface area contributed by atoms with Crippen molar-refractivity contribution in [3.8, 4) is 0 Å². The number of nitrogens with one attached hydrogen (secondary N) is 2. The van der Waals surface area contributed by atoms with E-state index in [1.807, 2.05) is 0 Å². The second-order valence-electron chi connectivity index (χ2n) is 3.68. The Morgan fingerprint density at radius 1 is 1.28 bits per heavy atom. The normalized spacial score (nSPS) is 14.8. The van der Waals surface area contributed by atoms with E-state index < -0.39 is 0 Å². The Labute approximate surface area is 113 Å². The Kier molecular flexibility index (Phi) is 3.84. The average molecular weight is 286 g/mol. The van der Waals surface area contributed by atoms with E-state index in [4.69, 9.17) is 23.2 Å². The quantitative estimate of drug-likeness (QED) is 0.875. The second kappa shape index (κ2) is 5.37. The van der Waals surface area contributed by atoms with Crippen LogP contribution in [0.5, 0.6) is 0 Å². The van der Waals surface area contributed by atoms with Gasteiger partial charge in [-0.05, 0) is 18.2 Å². The predicted octanol–water partition coefficient (Wildman–Crippen LogP) is 2.20. The smallest absolute Gasteiger partial charge is 0.271 e. The molecular weight excluding hydrogens is 277 g/mol. The number of carbonyl (C=O) groups is 2. The van der Waals surface area contributed by atoms with Crippen LogP contribution in [0, 0.1) is 0 Å². The van der Waals surface area contributed by atoms with Crippen LogP contribution in [0.15, 0.2) is 23.3 Å². The van der Waals surface area contributed by atoms with Gasteiger partial charge in [-0.2, -0.15) is 5.10 Å². The topological polar surface area (TPSA) is 70.6 Å². The SMILES string of the molecule is O=C1CCC(C(=O)Nc2ccc(Cl)c(Cl)c2)=NN1. The number of hydrazone groups is 1. The van der Waals surface area contributed by atoms with Gasteiger partial charge in [0.2, 0.25) is 5.91 Å². The molecule has 0 bridgehead atoms. The van der Waals surface area contributed by atoms with Gasteiger partial charge in [0.05, 0.1) is 10.0 Å². The van der Waals surface area contributed by atoms with Gasteiger partial charge in [0.25, 0.3) is 5.91 Å². The van der Waals surface area contributed by atoms with Crippen molar-refractivity contribution in [3.05, 3.63) is 28.2 Å².